The third kappa shape index (κ3) is 4.34. The molecule has 0 radical (unpaired) electrons. The molecule has 188 valence electrons. The van der Waals surface area contributed by atoms with Crippen LogP contribution in [0.4, 0.5) is 0 Å². The van der Waals surface area contributed by atoms with Crippen LogP contribution in [-0.4, -0.2) is 31.4 Å². The van der Waals surface area contributed by atoms with Crippen molar-refractivity contribution in [3.63, 3.8) is 0 Å². The van der Waals surface area contributed by atoms with E-state index in [0.29, 0.717) is 32.1 Å². The van der Waals surface area contributed by atoms with Gasteiger partial charge < -0.3 is 14.2 Å². The fourth-order valence-electron chi connectivity index (χ4n) is 4.66. The van der Waals surface area contributed by atoms with Crippen LogP contribution >= 0.6 is 11.3 Å². The van der Waals surface area contributed by atoms with Crippen molar-refractivity contribution in [2.45, 2.75) is 19.9 Å². The molecule has 1 atom stereocenters. The summed E-state index contributed by atoms with van der Waals surface area (Å²) in [5.41, 5.74) is 2.07. The molecular formula is C29H26N2O5S. The van der Waals surface area contributed by atoms with Gasteiger partial charge in [-0.05, 0) is 54.5 Å². The number of allylic oxidation sites excluding steroid dienone is 1. The van der Waals surface area contributed by atoms with Crippen molar-refractivity contribution < 1.29 is 19.0 Å². The first-order valence-corrected chi connectivity index (χ1v) is 12.7. The van der Waals surface area contributed by atoms with E-state index in [2.05, 4.69) is 4.99 Å². The van der Waals surface area contributed by atoms with Gasteiger partial charge in [0.2, 0.25) is 0 Å². The lowest BCUT2D eigenvalue weighted by Crippen LogP contribution is -2.40. The number of fused-ring (bicyclic) bond motifs is 2. The van der Waals surface area contributed by atoms with E-state index < -0.39 is 12.0 Å². The lowest BCUT2D eigenvalue weighted by Gasteiger charge is -2.26. The summed E-state index contributed by atoms with van der Waals surface area (Å²) in [5.74, 6) is 0.569. The maximum absolute atomic E-state index is 14.0. The molecule has 1 aromatic heterocycles. The molecule has 1 aliphatic rings. The number of methoxy groups -OCH3 is 2. The van der Waals surface area contributed by atoms with Crippen molar-refractivity contribution in [1.29, 1.82) is 0 Å². The summed E-state index contributed by atoms with van der Waals surface area (Å²) in [5, 5.41) is 2.13. The van der Waals surface area contributed by atoms with E-state index in [1.165, 1.54) is 11.3 Å². The Hall–Kier alpha value is -4.17. The largest absolute Gasteiger partial charge is 0.497 e. The van der Waals surface area contributed by atoms with Gasteiger partial charge in [-0.2, -0.15) is 0 Å². The number of aromatic nitrogens is 1. The molecule has 0 saturated carbocycles. The topological polar surface area (TPSA) is 79.1 Å². The molecule has 2 heterocycles. The van der Waals surface area contributed by atoms with Crippen molar-refractivity contribution in [2.75, 3.05) is 20.8 Å². The molecule has 4 aromatic rings. The summed E-state index contributed by atoms with van der Waals surface area (Å²) in [6.45, 7) is 3.70. The second-order valence-corrected chi connectivity index (χ2v) is 9.49. The molecule has 0 spiro atoms. The van der Waals surface area contributed by atoms with Crippen LogP contribution in [0.2, 0.25) is 0 Å². The van der Waals surface area contributed by atoms with Crippen LogP contribution in [0.15, 0.2) is 81.7 Å². The lowest BCUT2D eigenvalue weighted by molar-refractivity contribution is -0.139. The zero-order valence-electron chi connectivity index (χ0n) is 21.0. The zero-order chi connectivity index (χ0) is 26.1. The molecule has 0 bridgehead atoms. The summed E-state index contributed by atoms with van der Waals surface area (Å²) in [7, 11) is 3.12. The summed E-state index contributed by atoms with van der Waals surface area (Å²) >= 11 is 1.29. The average Bonchev–Trinajstić information content (AvgIpc) is 3.21. The highest BCUT2D eigenvalue weighted by Crippen LogP contribution is 2.37. The Bertz CT molecular complexity index is 1730. The molecule has 3 aromatic carbocycles. The van der Waals surface area contributed by atoms with Crippen molar-refractivity contribution in [2.24, 2.45) is 4.99 Å². The van der Waals surface area contributed by atoms with E-state index in [9.17, 15) is 9.59 Å². The lowest BCUT2D eigenvalue weighted by atomic mass is 9.94. The van der Waals surface area contributed by atoms with Gasteiger partial charge in [-0.25, -0.2) is 9.79 Å². The van der Waals surface area contributed by atoms with Crippen LogP contribution in [0.5, 0.6) is 11.5 Å². The first-order valence-electron chi connectivity index (χ1n) is 11.9. The van der Waals surface area contributed by atoms with E-state index in [4.69, 9.17) is 14.2 Å². The number of carbonyl (C=O) groups is 1. The minimum atomic E-state index is -0.796. The molecule has 37 heavy (non-hydrogen) atoms. The van der Waals surface area contributed by atoms with Gasteiger partial charge in [0.25, 0.3) is 5.56 Å². The Kier molecular flexibility index (Phi) is 6.67. The fourth-order valence-corrected chi connectivity index (χ4v) is 5.69. The third-order valence-corrected chi connectivity index (χ3v) is 7.34. The summed E-state index contributed by atoms with van der Waals surface area (Å²) < 4.78 is 18.6. The summed E-state index contributed by atoms with van der Waals surface area (Å²) in [6, 6.07) is 18.6. The minimum absolute atomic E-state index is 0.198. The molecule has 7 nitrogen and oxygen atoms in total. The smallest absolute Gasteiger partial charge is 0.338 e. The number of benzene rings is 3. The van der Waals surface area contributed by atoms with Crippen LogP contribution in [0.25, 0.3) is 16.8 Å². The van der Waals surface area contributed by atoms with Crippen molar-refractivity contribution in [3.8, 4) is 11.5 Å². The van der Waals surface area contributed by atoms with Gasteiger partial charge >= 0.3 is 5.97 Å². The van der Waals surface area contributed by atoms with E-state index in [0.717, 1.165) is 16.3 Å². The molecule has 1 unspecified atom stereocenters. The number of ether oxygens (including phenoxy) is 3. The number of hydrogen-bond donors (Lipinski definition) is 0. The maximum Gasteiger partial charge on any atom is 0.338 e. The van der Waals surface area contributed by atoms with Gasteiger partial charge in [-0.1, -0.05) is 53.8 Å². The highest BCUT2D eigenvalue weighted by atomic mass is 32.1. The molecule has 0 saturated heterocycles. The minimum Gasteiger partial charge on any atom is -0.497 e. The van der Waals surface area contributed by atoms with Gasteiger partial charge in [-0.15, -0.1) is 0 Å². The van der Waals surface area contributed by atoms with Crippen LogP contribution in [0.1, 0.15) is 31.0 Å². The monoisotopic (exact) mass is 514 g/mol. The number of rotatable bonds is 6. The molecule has 8 heteroatoms. The predicted octanol–water partition coefficient (Wildman–Crippen LogP) is 3.97. The Balaban J connectivity index is 1.79. The van der Waals surface area contributed by atoms with Crippen LogP contribution in [0, 0.1) is 0 Å². The highest BCUT2D eigenvalue weighted by Gasteiger charge is 2.35. The number of thiazole rings is 1. The van der Waals surface area contributed by atoms with Crippen molar-refractivity contribution in [1.82, 2.24) is 4.57 Å². The molecule has 0 fully saturated rings. The second kappa shape index (κ2) is 10.1. The van der Waals surface area contributed by atoms with Gasteiger partial charge in [0.15, 0.2) is 4.80 Å². The Morgan fingerprint density at radius 2 is 1.86 bits per heavy atom. The van der Waals surface area contributed by atoms with Crippen molar-refractivity contribution >= 4 is 34.2 Å². The normalized spacial score (nSPS) is 15.4. The van der Waals surface area contributed by atoms with Gasteiger partial charge in [0.05, 0.1) is 36.6 Å². The number of carbonyl (C=O) groups excluding carboxylic acids is 1. The van der Waals surface area contributed by atoms with Gasteiger partial charge in [-0.3, -0.25) is 9.36 Å². The van der Waals surface area contributed by atoms with Crippen LogP contribution in [0.3, 0.4) is 0 Å². The summed E-state index contributed by atoms with van der Waals surface area (Å²) in [6.07, 6.45) is 1.88. The van der Waals surface area contributed by atoms with E-state index in [1.807, 2.05) is 48.5 Å². The van der Waals surface area contributed by atoms with Gasteiger partial charge in [0.1, 0.15) is 17.5 Å². The SMILES string of the molecule is CCOC(=O)C1=C(C)N=c2s/c(=C\c3cccc4ccccc34)c(=O)n2C1c1cc(OC)ccc1OC. The third-order valence-electron chi connectivity index (χ3n) is 6.36. The summed E-state index contributed by atoms with van der Waals surface area (Å²) in [4.78, 5) is 32.3. The zero-order valence-corrected chi connectivity index (χ0v) is 21.8. The molecule has 0 amide bonds. The Morgan fingerprint density at radius 3 is 2.62 bits per heavy atom. The van der Waals surface area contributed by atoms with Crippen LogP contribution in [-0.2, 0) is 9.53 Å². The molecule has 5 rings (SSSR count). The molecule has 0 aliphatic carbocycles. The maximum atomic E-state index is 14.0. The number of nitrogens with zero attached hydrogens (tertiary/aromatic N) is 2. The van der Waals surface area contributed by atoms with Crippen molar-refractivity contribution in [3.05, 3.63) is 103 Å². The predicted molar refractivity (Wildman–Crippen MR) is 144 cm³/mol. The van der Waals surface area contributed by atoms with E-state index >= 15 is 0 Å². The average molecular weight is 515 g/mol. The van der Waals surface area contributed by atoms with Crippen LogP contribution < -0.4 is 24.4 Å². The fraction of sp³-hybridized carbons (Fsp3) is 0.207. The highest BCUT2D eigenvalue weighted by molar-refractivity contribution is 7.07. The molecular weight excluding hydrogens is 488 g/mol. The number of hydrogen-bond acceptors (Lipinski definition) is 7. The Morgan fingerprint density at radius 1 is 1.08 bits per heavy atom. The quantitative estimate of drug-likeness (QED) is 0.364. The second-order valence-electron chi connectivity index (χ2n) is 8.48. The Labute approximate surface area is 217 Å². The molecule has 0 N–H and O–H groups in total. The first kappa shape index (κ1) is 24.5. The van der Waals surface area contributed by atoms with E-state index in [1.54, 1.807) is 50.8 Å². The van der Waals surface area contributed by atoms with Gasteiger partial charge in [0, 0.05) is 5.56 Å². The molecule has 1 aliphatic heterocycles. The van der Waals surface area contributed by atoms with E-state index in [-0.39, 0.29) is 17.7 Å². The first-order chi connectivity index (χ1) is 18.0. The standard InChI is InChI=1S/C29H26N2O5S/c1-5-36-28(33)25-17(2)30-29-31(26(25)22-16-20(34-3)13-14-23(22)35-4)27(32)24(37-29)15-19-11-8-10-18-9-6-7-12-21(18)19/h6-16,26H,5H2,1-4H3/b24-15-. The number of esters is 1.